The highest BCUT2D eigenvalue weighted by molar-refractivity contribution is 5.89. The number of methoxy groups -OCH3 is 1. The molecule has 1 fully saturated rings. The first kappa shape index (κ1) is 18.3. The monoisotopic (exact) mass is 378 g/mol. The number of hydrogen-bond donors (Lipinski definition) is 1. The lowest BCUT2D eigenvalue weighted by atomic mass is 9.96. The van der Waals surface area contributed by atoms with Gasteiger partial charge in [0.15, 0.2) is 6.23 Å². The van der Waals surface area contributed by atoms with Crippen LogP contribution >= 0.6 is 0 Å². The predicted molar refractivity (Wildman–Crippen MR) is 105 cm³/mol. The van der Waals surface area contributed by atoms with E-state index >= 15 is 0 Å². The summed E-state index contributed by atoms with van der Waals surface area (Å²) in [6.07, 6.45) is 4.83. The van der Waals surface area contributed by atoms with Gasteiger partial charge in [0.25, 0.3) is 0 Å². The minimum atomic E-state index is -0.936. The van der Waals surface area contributed by atoms with Crippen LogP contribution in [0.3, 0.4) is 0 Å². The van der Waals surface area contributed by atoms with Crippen molar-refractivity contribution in [3.63, 3.8) is 0 Å². The Morgan fingerprint density at radius 3 is 2.64 bits per heavy atom. The van der Waals surface area contributed by atoms with E-state index in [9.17, 15) is 4.79 Å². The molecule has 1 saturated heterocycles. The first-order valence-electron chi connectivity index (χ1n) is 9.34. The Bertz CT molecular complexity index is 972. The van der Waals surface area contributed by atoms with E-state index in [1.165, 1.54) is 0 Å². The molecule has 0 bridgehead atoms. The molecular weight excluding hydrogens is 356 g/mol. The second-order valence-corrected chi connectivity index (χ2v) is 6.78. The molecule has 3 aromatic rings. The second kappa shape index (κ2) is 7.86. The minimum absolute atomic E-state index is 0.0767. The maximum Gasteiger partial charge on any atom is 0.335 e. The fraction of sp³-hybridized carbons (Fsp3) is 0.273. The molecule has 6 heteroatoms. The highest BCUT2D eigenvalue weighted by Gasteiger charge is 2.21. The lowest BCUT2D eigenvalue weighted by molar-refractivity contribution is -0.0383. The summed E-state index contributed by atoms with van der Waals surface area (Å²) in [5.41, 5.74) is 4.09. The van der Waals surface area contributed by atoms with Gasteiger partial charge in [0, 0.05) is 18.4 Å². The van der Waals surface area contributed by atoms with Gasteiger partial charge in [-0.3, -0.25) is 0 Å². The van der Waals surface area contributed by atoms with Crippen molar-refractivity contribution in [2.24, 2.45) is 0 Å². The van der Waals surface area contributed by atoms with Crippen LogP contribution in [0, 0.1) is 0 Å². The van der Waals surface area contributed by atoms with Crippen LogP contribution in [0.15, 0.2) is 54.7 Å². The second-order valence-electron chi connectivity index (χ2n) is 6.78. The molecule has 4 rings (SSSR count). The van der Waals surface area contributed by atoms with Gasteiger partial charge in [-0.05, 0) is 60.7 Å². The van der Waals surface area contributed by atoms with E-state index in [-0.39, 0.29) is 11.8 Å². The van der Waals surface area contributed by atoms with Crippen molar-refractivity contribution < 1.29 is 19.4 Å². The Labute approximate surface area is 163 Å². The molecule has 2 heterocycles. The van der Waals surface area contributed by atoms with Crippen LogP contribution < -0.4 is 4.74 Å². The largest absolute Gasteiger partial charge is 0.497 e. The summed E-state index contributed by atoms with van der Waals surface area (Å²) in [5.74, 6) is -0.188. The van der Waals surface area contributed by atoms with E-state index in [2.05, 4.69) is 5.10 Å². The van der Waals surface area contributed by atoms with Gasteiger partial charge >= 0.3 is 5.97 Å². The molecule has 0 saturated carbocycles. The summed E-state index contributed by atoms with van der Waals surface area (Å²) < 4.78 is 13.3. The van der Waals surface area contributed by atoms with Crippen molar-refractivity contribution in [1.29, 1.82) is 0 Å². The van der Waals surface area contributed by atoms with Crippen molar-refractivity contribution >= 4 is 5.97 Å². The SMILES string of the molecule is COc1ccc(-c2ccc(C(=O)O)cc2)c(-c2ccnn2C2CCCCO2)c1. The highest BCUT2D eigenvalue weighted by Crippen LogP contribution is 2.37. The molecule has 1 aliphatic rings. The highest BCUT2D eigenvalue weighted by atomic mass is 16.5. The van der Waals surface area contributed by atoms with Crippen LogP contribution in [0.5, 0.6) is 5.75 Å². The van der Waals surface area contributed by atoms with Gasteiger partial charge in [0.1, 0.15) is 5.75 Å². The average Bonchev–Trinajstić information content (AvgIpc) is 3.24. The van der Waals surface area contributed by atoms with Gasteiger partial charge in [-0.25, -0.2) is 9.48 Å². The van der Waals surface area contributed by atoms with E-state index in [0.717, 1.165) is 54.0 Å². The first-order valence-corrected chi connectivity index (χ1v) is 9.34. The number of benzene rings is 2. The third kappa shape index (κ3) is 3.51. The van der Waals surface area contributed by atoms with Gasteiger partial charge in [-0.1, -0.05) is 18.2 Å². The molecule has 144 valence electrons. The van der Waals surface area contributed by atoms with Crippen molar-refractivity contribution in [2.45, 2.75) is 25.5 Å². The Kier molecular flexibility index (Phi) is 5.12. The van der Waals surface area contributed by atoms with E-state index in [1.807, 2.05) is 41.1 Å². The van der Waals surface area contributed by atoms with Crippen LogP contribution in [-0.4, -0.2) is 34.6 Å². The third-order valence-corrected chi connectivity index (χ3v) is 5.04. The number of carboxylic acids is 1. The summed E-state index contributed by atoms with van der Waals surface area (Å²) in [7, 11) is 1.64. The molecular formula is C22H22N2O4. The molecule has 1 atom stereocenters. The molecule has 1 unspecified atom stereocenters. The Morgan fingerprint density at radius 2 is 1.96 bits per heavy atom. The number of ether oxygens (including phenoxy) is 2. The van der Waals surface area contributed by atoms with Crippen LogP contribution in [0.4, 0.5) is 0 Å². The molecule has 0 aliphatic carbocycles. The quantitative estimate of drug-likeness (QED) is 0.701. The number of aromatic nitrogens is 2. The summed E-state index contributed by atoms with van der Waals surface area (Å²) in [6.45, 7) is 0.742. The number of nitrogens with zero attached hydrogens (tertiary/aromatic N) is 2. The standard InChI is InChI=1S/C22H22N2O4/c1-27-17-9-10-18(15-5-7-16(8-6-15)22(25)26)19(14-17)20-11-12-23-24(20)21-4-2-3-13-28-21/h5-12,14,21H,2-4,13H2,1H3,(H,25,26). The van der Waals surface area contributed by atoms with Crippen LogP contribution in [0.2, 0.25) is 0 Å². The predicted octanol–water partition coefficient (Wildman–Crippen LogP) is 4.62. The molecule has 0 spiro atoms. The topological polar surface area (TPSA) is 73.6 Å². The average molecular weight is 378 g/mol. The Balaban J connectivity index is 1.80. The molecule has 1 aromatic heterocycles. The van der Waals surface area contributed by atoms with Gasteiger partial charge in [0.05, 0.1) is 18.4 Å². The van der Waals surface area contributed by atoms with Gasteiger partial charge < -0.3 is 14.6 Å². The van der Waals surface area contributed by atoms with Crippen molar-refractivity contribution in [3.05, 3.63) is 60.3 Å². The maximum absolute atomic E-state index is 11.2. The van der Waals surface area contributed by atoms with Crippen molar-refractivity contribution in [3.8, 4) is 28.1 Å². The molecule has 1 N–H and O–H groups in total. The number of carbonyl (C=O) groups is 1. The first-order chi connectivity index (χ1) is 13.7. The fourth-order valence-corrected chi connectivity index (χ4v) is 3.58. The van der Waals surface area contributed by atoms with E-state index in [1.54, 1.807) is 25.4 Å². The Morgan fingerprint density at radius 1 is 1.14 bits per heavy atom. The summed E-state index contributed by atoms with van der Waals surface area (Å²) >= 11 is 0. The fourth-order valence-electron chi connectivity index (χ4n) is 3.58. The van der Waals surface area contributed by atoms with Crippen LogP contribution in [0.1, 0.15) is 35.8 Å². The van der Waals surface area contributed by atoms with E-state index < -0.39 is 5.97 Å². The van der Waals surface area contributed by atoms with Crippen molar-refractivity contribution in [2.75, 3.05) is 13.7 Å². The molecule has 0 amide bonds. The third-order valence-electron chi connectivity index (χ3n) is 5.04. The molecule has 0 radical (unpaired) electrons. The maximum atomic E-state index is 11.2. The lowest BCUT2D eigenvalue weighted by Gasteiger charge is -2.25. The zero-order valence-corrected chi connectivity index (χ0v) is 15.7. The molecule has 2 aromatic carbocycles. The normalized spacial score (nSPS) is 16.7. The number of rotatable bonds is 5. The molecule has 1 aliphatic heterocycles. The van der Waals surface area contributed by atoms with Crippen molar-refractivity contribution in [1.82, 2.24) is 9.78 Å². The van der Waals surface area contributed by atoms with Gasteiger partial charge in [-0.2, -0.15) is 5.10 Å². The smallest absolute Gasteiger partial charge is 0.335 e. The van der Waals surface area contributed by atoms with Gasteiger partial charge in [0.2, 0.25) is 0 Å². The summed E-state index contributed by atoms with van der Waals surface area (Å²) in [4.78, 5) is 11.2. The van der Waals surface area contributed by atoms with E-state index in [0.29, 0.717) is 0 Å². The lowest BCUT2D eigenvalue weighted by Crippen LogP contribution is -2.20. The molecule has 6 nitrogen and oxygen atoms in total. The zero-order valence-electron chi connectivity index (χ0n) is 15.7. The summed E-state index contributed by atoms with van der Waals surface area (Å²) in [5, 5.41) is 13.7. The number of aromatic carboxylic acids is 1. The molecule has 28 heavy (non-hydrogen) atoms. The zero-order chi connectivity index (χ0) is 19.5. The van der Waals surface area contributed by atoms with Gasteiger partial charge in [-0.15, -0.1) is 0 Å². The van der Waals surface area contributed by atoms with Crippen LogP contribution in [0.25, 0.3) is 22.4 Å². The van der Waals surface area contributed by atoms with Crippen LogP contribution in [-0.2, 0) is 4.74 Å². The number of hydrogen-bond acceptors (Lipinski definition) is 4. The summed E-state index contributed by atoms with van der Waals surface area (Å²) in [6, 6.07) is 14.7. The Hall–Kier alpha value is -3.12. The number of carboxylic acid groups (broad SMARTS) is 1. The van der Waals surface area contributed by atoms with E-state index in [4.69, 9.17) is 14.6 Å². The minimum Gasteiger partial charge on any atom is -0.497 e.